The monoisotopic (exact) mass is 657 g/mol. The van der Waals surface area contributed by atoms with E-state index in [-0.39, 0.29) is 50.7 Å². The Morgan fingerprint density at radius 2 is 1.26 bits per heavy atom. The molecule has 0 spiro atoms. The summed E-state index contributed by atoms with van der Waals surface area (Å²) < 4.78 is 0. The number of nitrogens with zero attached hydrogens (tertiary/aromatic N) is 5. The number of amides is 3. The maximum atomic E-state index is 12.9. The normalized spacial score (nSPS) is 16.8. The molecule has 0 aromatic rings. The second kappa shape index (κ2) is 23.1. The van der Waals surface area contributed by atoms with E-state index in [1.165, 1.54) is 4.90 Å². The molecule has 1 rings (SSSR count). The summed E-state index contributed by atoms with van der Waals surface area (Å²) in [7, 11) is 4.04. The van der Waals surface area contributed by atoms with E-state index in [2.05, 4.69) is 20.4 Å². The van der Waals surface area contributed by atoms with Crippen LogP contribution >= 0.6 is 0 Å². The Kier molecular flexibility index (Phi) is 20.4. The van der Waals surface area contributed by atoms with Crippen LogP contribution < -0.4 is 10.6 Å². The van der Waals surface area contributed by atoms with Crippen molar-refractivity contribution >= 4 is 35.6 Å². The summed E-state index contributed by atoms with van der Waals surface area (Å²) in [5.41, 5.74) is 0. The predicted molar refractivity (Wildman–Crippen MR) is 171 cm³/mol. The topological polar surface area (TPSA) is 203 Å². The largest absolute Gasteiger partial charge is 0.481 e. The smallest absolute Gasteiger partial charge is 0.323 e. The average molecular weight is 658 g/mol. The predicted octanol–water partition coefficient (Wildman–Crippen LogP) is -0.462. The molecule has 0 aliphatic carbocycles. The van der Waals surface area contributed by atoms with Crippen LogP contribution in [0.25, 0.3) is 0 Å². The number of ketones is 1. The summed E-state index contributed by atoms with van der Waals surface area (Å²) in [6, 6.07) is -0.676. The quantitative estimate of drug-likeness (QED) is 0.112. The fraction of sp³-hybridized carbons (Fsp3) is 0.800. The molecule has 1 heterocycles. The van der Waals surface area contributed by atoms with Gasteiger partial charge in [-0.25, -0.2) is 4.79 Å². The molecule has 0 bridgehead atoms. The van der Waals surface area contributed by atoms with Gasteiger partial charge in [-0.15, -0.1) is 0 Å². The van der Waals surface area contributed by atoms with Gasteiger partial charge >= 0.3 is 23.9 Å². The number of nitrogens with one attached hydrogen (secondary N) is 2. The molecule has 264 valence electrons. The van der Waals surface area contributed by atoms with Crippen molar-refractivity contribution in [2.75, 3.05) is 99.2 Å². The van der Waals surface area contributed by atoms with E-state index in [1.807, 2.05) is 23.9 Å². The molecule has 46 heavy (non-hydrogen) atoms. The Morgan fingerprint density at radius 3 is 1.83 bits per heavy atom. The molecule has 0 unspecified atom stereocenters. The van der Waals surface area contributed by atoms with Gasteiger partial charge in [-0.05, 0) is 46.7 Å². The van der Waals surface area contributed by atoms with E-state index in [4.69, 9.17) is 5.11 Å². The number of likely N-dealkylation sites (N-methyl/N-ethyl adjacent to an activating group) is 2. The van der Waals surface area contributed by atoms with Gasteiger partial charge in [-0.3, -0.25) is 33.8 Å². The first-order valence-electron chi connectivity index (χ1n) is 16.1. The zero-order valence-electron chi connectivity index (χ0n) is 27.7. The zero-order chi connectivity index (χ0) is 34.5. The highest BCUT2D eigenvalue weighted by Crippen LogP contribution is 2.06. The number of carbonyl (C=O) groups is 6. The summed E-state index contributed by atoms with van der Waals surface area (Å²) >= 11 is 0. The first-order valence-corrected chi connectivity index (χ1v) is 16.1. The lowest BCUT2D eigenvalue weighted by molar-refractivity contribution is -0.144. The van der Waals surface area contributed by atoms with E-state index in [1.54, 1.807) is 6.92 Å². The number of carboxylic acids is 3. The van der Waals surface area contributed by atoms with E-state index in [0.29, 0.717) is 58.4 Å². The number of carboxylic acid groups (broad SMARTS) is 3. The highest BCUT2D eigenvalue weighted by Gasteiger charge is 2.20. The Balaban J connectivity index is 2.52. The first-order chi connectivity index (χ1) is 21.7. The number of urea groups is 1. The molecule has 0 aromatic carbocycles. The highest BCUT2D eigenvalue weighted by molar-refractivity contribution is 5.87. The Hall–Kier alpha value is -3.34. The number of aliphatic carboxylic acids is 3. The molecule has 1 aliphatic heterocycles. The SMILES string of the molecule is C[C@H](CCC(=O)O)NC(=O)NCCCCCN(CC(=O)O)C(=O)CCC(=O)CN1CCN(C)CCN(C)CCN(CC(=O)O)CC1. The molecule has 16 heteroatoms. The highest BCUT2D eigenvalue weighted by atomic mass is 16.4. The second-order valence-corrected chi connectivity index (χ2v) is 12.1. The van der Waals surface area contributed by atoms with Crippen LogP contribution in [-0.2, 0) is 24.0 Å². The van der Waals surface area contributed by atoms with Crippen LogP contribution in [0.2, 0.25) is 0 Å². The molecule has 1 fully saturated rings. The molecule has 0 aromatic heterocycles. The maximum Gasteiger partial charge on any atom is 0.323 e. The van der Waals surface area contributed by atoms with E-state index >= 15 is 0 Å². The van der Waals surface area contributed by atoms with Gasteiger partial charge in [0.25, 0.3) is 0 Å². The van der Waals surface area contributed by atoms with Gasteiger partial charge in [0.05, 0.1) is 13.1 Å². The van der Waals surface area contributed by atoms with Crippen LogP contribution in [0.3, 0.4) is 0 Å². The van der Waals surface area contributed by atoms with Crippen molar-refractivity contribution in [3.63, 3.8) is 0 Å². The molecule has 0 saturated carbocycles. The van der Waals surface area contributed by atoms with Gasteiger partial charge in [-0.1, -0.05) is 0 Å². The molecule has 3 amide bonds. The van der Waals surface area contributed by atoms with Crippen LogP contribution in [0.4, 0.5) is 4.79 Å². The van der Waals surface area contributed by atoms with Crippen LogP contribution in [0.15, 0.2) is 0 Å². The lowest BCUT2D eigenvalue weighted by Crippen LogP contribution is -2.46. The van der Waals surface area contributed by atoms with Crippen molar-refractivity contribution in [2.24, 2.45) is 0 Å². The van der Waals surface area contributed by atoms with Gasteiger partial charge < -0.3 is 40.7 Å². The lowest BCUT2D eigenvalue weighted by Gasteiger charge is -2.31. The lowest BCUT2D eigenvalue weighted by atomic mass is 10.1. The number of Topliss-reactive ketones (excluding diaryl/α,β-unsaturated/α-hetero) is 1. The van der Waals surface area contributed by atoms with Gasteiger partial charge in [0, 0.05) is 90.8 Å². The van der Waals surface area contributed by atoms with Crippen molar-refractivity contribution in [3.8, 4) is 0 Å². The van der Waals surface area contributed by atoms with Gasteiger partial charge in [0.15, 0.2) is 0 Å². The van der Waals surface area contributed by atoms with Crippen LogP contribution in [0.1, 0.15) is 51.9 Å². The summed E-state index contributed by atoms with van der Waals surface area (Å²) in [6.45, 7) is 7.26. The number of rotatable bonds is 19. The molecule has 1 atom stereocenters. The minimum atomic E-state index is -1.14. The minimum absolute atomic E-state index is 0.0190. The van der Waals surface area contributed by atoms with Crippen molar-refractivity contribution < 1.29 is 44.1 Å². The van der Waals surface area contributed by atoms with Crippen molar-refractivity contribution in [3.05, 3.63) is 0 Å². The van der Waals surface area contributed by atoms with Crippen molar-refractivity contribution in [1.82, 2.24) is 35.1 Å². The summed E-state index contributed by atoms with van der Waals surface area (Å²) in [6.07, 6.45) is 1.93. The summed E-state index contributed by atoms with van der Waals surface area (Å²) in [5.74, 6) is -3.51. The van der Waals surface area contributed by atoms with E-state index in [0.717, 1.165) is 26.2 Å². The van der Waals surface area contributed by atoms with Crippen molar-refractivity contribution in [2.45, 2.75) is 57.9 Å². The molecular weight excluding hydrogens is 602 g/mol. The summed E-state index contributed by atoms with van der Waals surface area (Å²) in [5, 5.41) is 32.7. The Morgan fingerprint density at radius 1 is 0.696 bits per heavy atom. The number of carbonyl (C=O) groups excluding carboxylic acids is 3. The van der Waals surface area contributed by atoms with Crippen LogP contribution in [0.5, 0.6) is 0 Å². The fourth-order valence-corrected chi connectivity index (χ4v) is 4.88. The molecule has 1 saturated heterocycles. The van der Waals surface area contributed by atoms with Gasteiger partial charge in [0.2, 0.25) is 5.91 Å². The molecular formula is C30H55N7O9. The maximum absolute atomic E-state index is 12.9. The third-order valence-corrected chi connectivity index (χ3v) is 7.81. The Bertz CT molecular complexity index is 984. The number of hydrogen-bond donors (Lipinski definition) is 5. The minimum Gasteiger partial charge on any atom is -0.481 e. The van der Waals surface area contributed by atoms with Crippen LogP contribution in [-0.4, -0.2) is 181 Å². The molecule has 0 radical (unpaired) electrons. The fourth-order valence-electron chi connectivity index (χ4n) is 4.88. The van der Waals surface area contributed by atoms with E-state index in [9.17, 15) is 39.0 Å². The zero-order valence-corrected chi connectivity index (χ0v) is 27.7. The number of hydrogen-bond acceptors (Lipinski definition) is 10. The van der Waals surface area contributed by atoms with Gasteiger partial charge in [0.1, 0.15) is 12.3 Å². The third-order valence-electron chi connectivity index (χ3n) is 7.81. The first kappa shape index (κ1) is 40.7. The average Bonchev–Trinajstić information content (AvgIpc) is 2.97. The molecule has 16 nitrogen and oxygen atoms in total. The molecule has 5 N–H and O–H groups in total. The summed E-state index contributed by atoms with van der Waals surface area (Å²) in [4.78, 5) is 80.6. The van der Waals surface area contributed by atoms with Gasteiger partial charge in [-0.2, -0.15) is 0 Å². The van der Waals surface area contributed by atoms with Crippen LogP contribution in [0, 0.1) is 0 Å². The van der Waals surface area contributed by atoms with E-state index < -0.39 is 36.4 Å². The van der Waals surface area contributed by atoms with Crippen molar-refractivity contribution in [1.29, 1.82) is 0 Å². The number of unbranched alkanes of at least 4 members (excludes halogenated alkanes) is 2. The standard InChI is InChI=1S/C30H55N7O9/c1-24(7-10-27(40)41)32-30(46)31-11-5-4-6-12-37(23-29(44)45)26(39)9-8-25(38)21-35-17-15-33(2)13-14-34(3)16-18-36(20-19-35)22-28(42)43/h24H,4-23H2,1-3H3,(H,40,41)(H,42,43)(H,44,45)(H2,31,32,46)/t24-/m1/s1. The third kappa shape index (κ3) is 20.6. The molecule has 1 aliphatic rings. The Labute approximate surface area is 272 Å². The second-order valence-electron chi connectivity index (χ2n) is 12.1.